The Hall–Kier alpha value is -1.49. The average molecular weight is 283 g/mol. The van der Waals surface area contributed by atoms with Crippen LogP contribution in [0.2, 0.25) is 0 Å². The van der Waals surface area contributed by atoms with E-state index in [9.17, 15) is 5.11 Å². The summed E-state index contributed by atoms with van der Waals surface area (Å²) in [5.74, 6) is 1.70. The topological polar surface area (TPSA) is 58.3 Å². The molecule has 0 aliphatic heterocycles. The van der Waals surface area contributed by atoms with Gasteiger partial charge in [-0.05, 0) is 30.7 Å². The lowest BCUT2D eigenvalue weighted by Crippen LogP contribution is -2.00. The third kappa shape index (κ3) is 2.55. The van der Waals surface area contributed by atoms with E-state index < -0.39 is 0 Å². The summed E-state index contributed by atoms with van der Waals surface area (Å²) in [6, 6.07) is 6.95. The second-order valence-electron chi connectivity index (χ2n) is 3.45. The molecule has 1 aromatic carbocycles. The first-order chi connectivity index (χ1) is 7.65. The molecule has 0 fully saturated rings. The van der Waals surface area contributed by atoms with Crippen molar-refractivity contribution in [2.24, 2.45) is 0 Å². The minimum Gasteiger partial charge on any atom is -0.508 e. The molecule has 0 bridgehead atoms. The summed E-state index contributed by atoms with van der Waals surface area (Å²) in [5, 5.41) is 16.3. The summed E-state index contributed by atoms with van der Waals surface area (Å²) in [6.45, 7) is 2.41. The summed E-state index contributed by atoms with van der Waals surface area (Å²) >= 11 is 3.41. The van der Waals surface area contributed by atoms with Crippen molar-refractivity contribution in [2.75, 3.05) is 5.32 Å². The van der Waals surface area contributed by atoms with E-state index in [1.807, 2.05) is 13.0 Å². The number of nitrogens with one attached hydrogen (secondary N) is 1. The minimum atomic E-state index is 0.247. The number of phenols is 1. The van der Waals surface area contributed by atoms with E-state index in [2.05, 4.69) is 26.4 Å². The van der Waals surface area contributed by atoms with Crippen LogP contribution < -0.4 is 5.32 Å². The van der Waals surface area contributed by atoms with Crippen LogP contribution in [0.3, 0.4) is 0 Å². The Balaban J connectivity index is 2.07. The van der Waals surface area contributed by atoms with E-state index in [-0.39, 0.29) is 5.75 Å². The number of benzene rings is 1. The van der Waals surface area contributed by atoms with Crippen molar-refractivity contribution in [3.8, 4) is 5.75 Å². The molecular formula is C11H11BrN2O2. The zero-order valence-corrected chi connectivity index (χ0v) is 10.3. The Kier molecular flexibility index (Phi) is 3.14. The molecule has 0 atom stereocenters. The van der Waals surface area contributed by atoms with Gasteiger partial charge in [0.2, 0.25) is 0 Å². The fourth-order valence-electron chi connectivity index (χ4n) is 1.33. The summed E-state index contributed by atoms with van der Waals surface area (Å²) in [6.07, 6.45) is 0. The largest absolute Gasteiger partial charge is 0.508 e. The van der Waals surface area contributed by atoms with Crippen LogP contribution in [0.1, 0.15) is 11.3 Å². The first-order valence-electron chi connectivity index (χ1n) is 4.80. The van der Waals surface area contributed by atoms with Gasteiger partial charge in [0.1, 0.15) is 11.5 Å². The van der Waals surface area contributed by atoms with Crippen LogP contribution in [0.4, 0.5) is 5.82 Å². The molecule has 16 heavy (non-hydrogen) atoms. The van der Waals surface area contributed by atoms with Crippen molar-refractivity contribution < 1.29 is 9.63 Å². The van der Waals surface area contributed by atoms with Gasteiger partial charge in [0.05, 0.1) is 0 Å². The third-order valence-corrected chi connectivity index (χ3v) is 2.89. The van der Waals surface area contributed by atoms with Gasteiger partial charge >= 0.3 is 0 Å². The van der Waals surface area contributed by atoms with Crippen molar-refractivity contribution >= 4 is 21.7 Å². The Morgan fingerprint density at radius 3 is 2.94 bits per heavy atom. The smallest absolute Gasteiger partial charge is 0.169 e. The summed E-state index contributed by atoms with van der Waals surface area (Å²) < 4.78 is 5.88. The van der Waals surface area contributed by atoms with Crippen molar-refractivity contribution in [1.29, 1.82) is 0 Å². The maximum Gasteiger partial charge on any atom is 0.169 e. The summed E-state index contributed by atoms with van der Waals surface area (Å²) in [5.41, 5.74) is 0.959. The number of anilines is 1. The van der Waals surface area contributed by atoms with Gasteiger partial charge in [-0.15, -0.1) is 0 Å². The molecule has 0 saturated carbocycles. The standard InChI is InChI=1S/C11H11BrN2O2/c1-7-4-11(14-16-7)13-6-8-5-9(15)2-3-10(8)12/h2-5,15H,6H2,1H3,(H,13,14). The molecule has 2 rings (SSSR count). The Bertz CT molecular complexity index is 496. The fraction of sp³-hybridized carbons (Fsp3) is 0.182. The number of rotatable bonds is 3. The van der Waals surface area contributed by atoms with Gasteiger partial charge < -0.3 is 14.9 Å². The predicted molar refractivity (Wildman–Crippen MR) is 64.4 cm³/mol. The van der Waals surface area contributed by atoms with Crippen LogP contribution in [-0.4, -0.2) is 10.3 Å². The predicted octanol–water partition coefficient (Wildman–Crippen LogP) is 3.06. The van der Waals surface area contributed by atoms with Crippen LogP contribution in [-0.2, 0) is 6.54 Å². The van der Waals surface area contributed by atoms with E-state index in [1.165, 1.54) is 0 Å². The van der Waals surface area contributed by atoms with Gasteiger partial charge in [-0.2, -0.15) is 0 Å². The second kappa shape index (κ2) is 4.57. The lowest BCUT2D eigenvalue weighted by molar-refractivity contribution is 0.399. The maximum atomic E-state index is 9.36. The zero-order valence-electron chi connectivity index (χ0n) is 8.70. The van der Waals surface area contributed by atoms with Crippen molar-refractivity contribution in [1.82, 2.24) is 5.16 Å². The monoisotopic (exact) mass is 282 g/mol. The maximum absolute atomic E-state index is 9.36. The molecule has 2 aromatic rings. The summed E-state index contributed by atoms with van der Waals surface area (Å²) in [7, 11) is 0. The van der Waals surface area contributed by atoms with Gasteiger partial charge in [0.15, 0.2) is 5.82 Å². The normalized spacial score (nSPS) is 10.4. The van der Waals surface area contributed by atoms with E-state index in [1.54, 1.807) is 18.2 Å². The van der Waals surface area contributed by atoms with Gasteiger partial charge in [-0.25, -0.2) is 0 Å². The van der Waals surface area contributed by atoms with Crippen LogP contribution in [0, 0.1) is 6.92 Å². The number of phenolic OH excluding ortho intramolecular Hbond substituents is 1. The molecule has 0 saturated heterocycles. The zero-order chi connectivity index (χ0) is 11.5. The highest BCUT2D eigenvalue weighted by Crippen LogP contribution is 2.22. The molecule has 0 aliphatic carbocycles. The third-order valence-electron chi connectivity index (χ3n) is 2.12. The molecule has 4 nitrogen and oxygen atoms in total. The molecule has 0 unspecified atom stereocenters. The van der Waals surface area contributed by atoms with Crippen molar-refractivity contribution in [3.63, 3.8) is 0 Å². The Labute approximate surface area is 101 Å². The van der Waals surface area contributed by atoms with E-state index in [4.69, 9.17) is 4.52 Å². The fourth-order valence-corrected chi connectivity index (χ4v) is 1.72. The molecule has 0 amide bonds. The number of nitrogens with zero attached hydrogens (tertiary/aromatic N) is 1. The van der Waals surface area contributed by atoms with Gasteiger partial charge in [0.25, 0.3) is 0 Å². The van der Waals surface area contributed by atoms with Gasteiger partial charge in [0, 0.05) is 17.1 Å². The highest BCUT2D eigenvalue weighted by molar-refractivity contribution is 9.10. The number of hydrogen-bond acceptors (Lipinski definition) is 4. The lowest BCUT2D eigenvalue weighted by Gasteiger charge is -2.05. The molecule has 0 radical (unpaired) electrons. The second-order valence-corrected chi connectivity index (χ2v) is 4.31. The molecule has 2 N–H and O–H groups in total. The minimum absolute atomic E-state index is 0.247. The highest BCUT2D eigenvalue weighted by atomic mass is 79.9. The summed E-state index contributed by atoms with van der Waals surface area (Å²) in [4.78, 5) is 0. The highest BCUT2D eigenvalue weighted by Gasteiger charge is 2.03. The molecule has 1 heterocycles. The number of aryl methyl sites for hydroxylation is 1. The van der Waals surface area contributed by atoms with Gasteiger partial charge in [-0.3, -0.25) is 0 Å². The van der Waals surface area contributed by atoms with Crippen LogP contribution >= 0.6 is 15.9 Å². The number of hydrogen-bond donors (Lipinski definition) is 2. The molecular weight excluding hydrogens is 272 g/mol. The van der Waals surface area contributed by atoms with E-state index in [0.717, 1.165) is 15.8 Å². The molecule has 0 spiro atoms. The molecule has 5 heteroatoms. The molecule has 1 aromatic heterocycles. The van der Waals surface area contributed by atoms with E-state index in [0.29, 0.717) is 12.4 Å². The lowest BCUT2D eigenvalue weighted by atomic mass is 10.2. The van der Waals surface area contributed by atoms with Crippen LogP contribution in [0.5, 0.6) is 5.75 Å². The Morgan fingerprint density at radius 2 is 2.25 bits per heavy atom. The first-order valence-corrected chi connectivity index (χ1v) is 5.59. The first kappa shape index (κ1) is 11.0. The quantitative estimate of drug-likeness (QED) is 0.909. The Morgan fingerprint density at radius 1 is 1.44 bits per heavy atom. The van der Waals surface area contributed by atoms with Crippen molar-refractivity contribution in [2.45, 2.75) is 13.5 Å². The average Bonchev–Trinajstić information content (AvgIpc) is 2.66. The van der Waals surface area contributed by atoms with E-state index >= 15 is 0 Å². The van der Waals surface area contributed by atoms with Crippen LogP contribution in [0.25, 0.3) is 0 Å². The molecule has 0 aliphatic rings. The van der Waals surface area contributed by atoms with Gasteiger partial charge in [-0.1, -0.05) is 21.1 Å². The molecule has 84 valence electrons. The van der Waals surface area contributed by atoms with Crippen molar-refractivity contribution in [3.05, 3.63) is 40.1 Å². The van der Waals surface area contributed by atoms with Crippen LogP contribution in [0.15, 0.2) is 33.3 Å². The number of halogens is 1. The number of aromatic nitrogens is 1. The number of aromatic hydroxyl groups is 1. The SMILES string of the molecule is Cc1cc(NCc2cc(O)ccc2Br)no1.